The molecule has 0 atom stereocenters. The number of rotatable bonds is 3. The zero-order chi connectivity index (χ0) is 13.9. The average Bonchev–Trinajstić information content (AvgIpc) is 2.47. The number of benzene rings is 2. The Morgan fingerprint density at radius 2 is 1.95 bits per heavy atom. The lowest BCUT2D eigenvalue weighted by Crippen LogP contribution is -2.12. The lowest BCUT2D eigenvalue weighted by atomic mass is 9.88. The standard InChI is InChI=1S/C15H13BN2O2/c17-12-2-1-3-13(9-12)20-15-7-4-10-8-11(16-19)5-6-14(10)18-15/h1-9,16,19H,17H2. The van der Waals surface area contributed by atoms with Crippen LogP contribution in [0.15, 0.2) is 54.6 Å². The monoisotopic (exact) mass is 264 g/mol. The first-order valence-corrected chi connectivity index (χ1v) is 6.28. The topological polar surface area (TPSA) is 68.4 Å². The van der Waals surface area contributed by atoms with Crippen LogP contribution in [0.3, 0.4) is 0 Å². The molecule has 4 nitrogen and oxygen atoms in total. The zero-order valence-corrected chi connectivity index (χ0v) is 10.8. The summed E-state index contributed by atoms with van der Waals surface area (Å²) in [6, 6.07) is 16.6. The molecule has 3 N–H and O–H groups in total. The lowest BCUT2D eigenvalue weighted by molar-refractivity contribution is 0.465. The van der Waals surface area contributed by atoms with Gasteiger partial charge in [0.2, 0.25) is 5.88 Å². The molecule has 0 aliphatic carbocycles. The van der Waals surface area contributed by atoms with E-state index < -0.39 is 0 Å². The Kier molecular flexibility index (Phi) is 3.27. The summed E-state index contributed by atoms with van der Waals surface area (Å²) in [5.41, 5.74) is 8.05. The molecule has 0 unspecified atom stereocenters. The molecule has 0 aliphatic rings. The largest absolute Gasteiger partial charge is 0.449 e. The van der Waals surface area contributed by atoms with E-state index in [1.807, 2.05) is 36.4 Å². The number of aromatic nitrogens is 1. The van der Waals surface area contributed by atoms with Crippen LogP contribution < -0.4 is 15.9 Å². The van der Waals surface area contributed by atoms with Gasteiger partial charge in [0, 0.05) is 17.8 Å². The SMILES string of the molecule is Nc1cccc(Oc2ccc3cc(BO)ccc3n2)c1. The minimum absolute atomic E-state index is 0.0253. The summed E-state index contributed by atoms with van der Waals surface area (Å²) in [6.45, 7) is 0. The van der Waals surface area contributed by atoms with Crippen LogP contribution in [0.25, 0.3) is 10.9 Å². The third-order valence-electron chi connectivity index (χ3n) is 2.99. The highest BCUT2D eigenvalue weighted by Crippen LogP contribution is 2.23. The van der Waals surface area contributed by atoms with Gasteiger partial charge in [-0.05, 0) is 29.7 Å². The van der Waals surface area contributed by atoms with Crippen molar-refractivity contribution >= 4 is 29.5 Å². The Bertz CT molecular complexity index is 762. The van der Waals surface area contributed by atoms with Gasteiger partial charge in [0.1, 0.15) is 5.75 Å². The Morgan fingerprint density at radius 1 is 1.05 bits per heavy atom. The molecule has 2 aromatic carbocycles. The van der Waals surface area contributed by atoms with Crippen molar-refractivity contribution in [2.24, 2.45) is 0 Å². The van der Waals surface area contributed by atoms with Crippen LogP contribution in [0.2, 0.25) is 0 Å². The van der Waals surface area contributed by atoms with E-state index in [4.69, 9.17) is 15.5 Å². The average molecular weight is 264 g/mol. The van der Waals surface area contributed by atoms with Crippen LogP contribution in [0.1, 0.15) is 0 Å². The predicted molar refractivity (Wildman–Crippen MR) is 81.7 cm³/mol. The van der Waals surface area contributed by atoms with Gasteiger partial charge in [0.15, 0.2) is 0 Å². The number of ether oxygens (including phenoxy) is 1. The zero-order valence-electron chi connectivity index (χ0n) is 10.8. The van der Waals surface area contributed by atoms with E-state index in [0.717, 1.165) is 16.4 Å². The molecular weight excluding hydrogens is 251 g/mol. The van der Waals surface area contributed by atoms with Crippen molar-refractivity contribution in [2.45, 2.75) is 0 Å². The smallest absolute Gasteiger partial charge is 0.304 e. The molecule has 0 spiro atoms. The molecule has 3 rings (SSSR count). The van der Waals surface area contributed by atoms with Crippen molar-refractivity contribution in [3.8, 4) is 11.6 Å². The first kappa shape index (κ1) is 12.5. The van der Waals surface area contributed by atoms with E-state index in [1.165, 1.54) is 0 Å². The normalized spacial score (nSPS) is 10.4. The number of hydrogen-bond acceptors (Lipinski definition) is 4. The molecule has 0 radical (unpaired) electrons. The van der Waals surface area contributed by atoms with Crippen molar-refractivity contribution in [1.29, 1.82) is 0 Å². The maximum Gasteiger partial charge on any atom is 0.304 e. The van der Waals surface area contributed by atoms with Crippen molar-refractivity contribution in [1.82, 2.24) is 4.98 Å². The third-order valence-corrected chi connectivity index (χ3v) is 2.99. The second kappa shape index (κ2) is 5.23. The van der Waals surface area contributed by atoms with Crippen molar-refractivity contribution < 1.29 is 9.76 Å². The van der Waals surface area contributed by atoms with Crippen molar-refractivity contribution in [3.05, 3.63) is 54.6 Å². The quantitative estimate of drug-likeness (QED) is 0.556. The Labute approximate surface area is 117 Å². The summed E-state index contributed by atoms with van der Waals surface area (Å²) < 4.78 is 5.68. The van der Waals surface area contributed by atoms with E-state index >= 15 is 0 Å². The first-order chi connectivity index (χ1) is 9.74. The number of nitrogens with zero attached hydrogens (tertiary/aromatic N) is 1. The number of pyridine rings is 1. The van der Waals surface area contributed by atoms with Gasteiger partial charge in [-0.3, -0.25) is 0 Å². The molecule has 0 saturated heterocycles. The molecule has 20 heavy (non-hydrogen) atoms. The molecule has 1 aromatic heterocycles. The summed E-state index contributed by atoms with van der Waals surface area (Å²) in [5, 5.41) is 10.1. The molecule has 3 aromatic rings. The highest BCUT2D eigenvalue weighted by atomic mass is 16.5. The Hall–Kier alpha value is -2.53. The minimum atomic E-state index is 0.0253. The summed E-state index contributed by atoms with van der Waals surface area (Å²) in [6.07, 6.45) is 0. The number of anilines is 1. The van der Waals surface area contributed by atoms with Gasteiger partial charge in [-0.2, -0.15) is 0 Å². The number of nitrogen functional groups attached to an aromatic ring is 1. The second-order valence-corrected chi connectivity index (χ2v) is 4.51. The van der Waals surface area contributed by atoms with E-state index in [-0.39, 0.29) is 7.48 Å². The number of nitrogens with two attached hydrogens (primary N) is 1. The molecule has 0 amide bonds. The number of fused-ring (bicyclic) bond motifs is 1. The summed E-state index contributed by atoms with van der Waals surface area (Å²) >= 11 is 0. The fraction of sp³-hybridized carbons (Fsp3) is 0. The lowest BCUT2D eigenvalue weighted by Gasteiger charge is -2.07. The van der Waals surface area contributed by atoms with Gasteiger partial charge < -0.3 is 15.5 Å². The molecule has 0 aliphatic heterocycles. The van der Waals surface area contributed by atoms with Gasteiger partial charge in [-0.15, -0.1) is 0 Å². The number of hydrogen-bond donors (Lipinski definition) is 2. The molecule has 0 bridgehead atoms. The maximum atomic E-state index is 9.12. The van der Waals surface area contributed by atoms with E-state index in [9.17, 15) is 0 Å². The highest BCUT2D eigenvalue weighted by Gasteiger charge is 2.03. The summed E-state index contributed by atoms with van der Waals surface area (Å²) in [4.78, 5) is 4.43. The van der Waals surface area contributed by atoms with Crippen LogP contribution in [0.4, 0.5) is 5.69 Å². The van der Waals surface area contributed by atoms with Crippen LogP contribution in [-0.4, -0.2) is 17.5 Å². The summed E-state index contributed by atoms with van der Waals surface area (Å²) in [7, 11) is 0.0253. The predicted octanol–water partition coefficient (Wildman–Crippen LogP) is 1.58. The van der Waals surface area contributed by atoms with Crippen LogP contribution in [-0.2, 0) is 0 Å². The van der Waals surface area contributed by atoms with Crippen molar-refractivity contribution in [3.63, 3.8) is 0 Å². The molecule has 0 fully saturated rings. The van der Waals surface area contributed by atoms with Crippen LogP contribution >= 0.6 is 0 Å². The molecule has 1 heterocycles. The third kappa shape index (κ3) is 2.58. The van der Waals surface area contributed by atoms with E-state index in [1.54, 1.807) is 18.2 Å². The van der Waals surface area contributed by atoms with Gasteiger partial charge in [-0.25, -0.2) is 4.98 Å². The molecule has 5 heteroatoms. The minimum Gasteiger partial charge on any atom is -0.449 e. The summed E-state index contributed by atoms with van der Waals surface area (Å²) in [5.74, 6) is 1.17. The maximum absolute atomic E-state index is 9.12. The fourth-order valence-corrected chi connectivity index (χ4v) is 2.01. The molecule has 0 saturated carbocycles. The van der Waals surface area contributed by atoms with Crippen LogP contribution in [0, 0.1) is 0 Å². The first-order valence-electron chi connectivity index (χ1n) is 6.28. The van der Waals surface area contributed by atoms with Crippen molar-refractivity contribution in [2.75, 3.05) is 5.73 Å². The van der Waals surface area contributed by atoms with Gasteiger partial charge >= 0.3 is 7.48 Å². The molecule has 98 valence electrons. The Morgan fingerprint density at radius 3 is 2.75 bits per heavy atom. The molecular formula is C15H13BN2O2. The highest BCUT2D eigenvalue weighted by molar-refractivity contribution is 6.45. The van der Waals surface area contributed by atoms with Gasteiger partial charge in [0.05, 0.1) is 5.52 Å². The van der Waals surface area contributed by atoms with E-state index in [2.05, 4.69) is 4.98 Å². The van der Waals surface area contributed by atoms with Gasteiger partial charge in [-0.1, -0.05) is 23.7 Å². The van der Waals surface area contributed by atoms with Crippen LogP contribution in [0.5, 0.6) is 11.6 Å². The fourth-order valence-electron chi connectivity index (χ4n) is 2.01. The van der Waals surface area contributed by atoms with Gasteiger partial charge in [0.25, 0.3) is 0 Å². The second-order valence-electron chi connectivity index (χ2n) is 4.51. The Balaban J connectivity index is 1.93. The van der Waals surface area contributed by atoms with E-state index in [0.29, 0.717) is 17.3 Å².